The lowest BCUT2D eigenvalue weighted by Gasteiger charge is -2.11. The van der Waals surface area contributed by atoms with Gasteiger partial charge in [0.1, 0.15) is 11.4 Å². The average molecular weight is 386 g/mol. The Morgan fingerprint density at radius 1 is 1.07 bits per heavy atom. The average Bonchev–Trinajstić information content (AvgIpc) is 2.67. The first-order chi connectivity index (χ1) is 13.4. The highest BCUT2D eigenvalue weighted by atomic mass is 16.6. The van der Waals surface area contributed by atoms with Crippen LogP contribution in [0.25, 0.3) is 0 Å². The van der Waals surface area contributed by atoms with Crippen LogP contribution >= 0.6 is 0 Å². The number of amides is 2. The monoisotopic (exact) mass is 386 g/mol. The Kier molecular flexibility index (Phi) is 7.32. The van der Waals surface area contributed by atoms with E-state index < -0.39 is 16.7 Å². The molecule has 2 amide bonds. The van der Waals surface area contributed by atoms with Crippen molar-refractivity contribution in [1.29, 1.82) is 0 Å². The zero-order chi connectivity index (χ0) is 20.5. The molecule has 3 N–H and O–H groups in total. The van der Waals surface area contributed by atoms with Crippen LogP contribution in [0.3, 0.4) is 0 Å². The van der Waals surface area contributed by atoms with Gasteiger partial charge in [-0.3, -0.25) is 30.6 Å². The highest BCUT2D eigenvalue weighted by Gasteiger charge is 2.12. The molecule has 9 heteroatoms. The molecule has 0 saturated carbocycles. The quantitative estimate of drug-likeness (QED) is 0.472. The van der Waals surface area contributed by atoms with E-state index in [-0.39, 0.29) is 25.3 Å². The molecule has 0 spiro atoms. The van der Waals surface area contributed by atoms with Gasteiger partial charge in [-0.2, -0.15) is 0 Å². The first-order valence-electron chi connectivity index (χ1n) is 8.62. The van der Waals surface area contributed by atoms with Gasteiger partial charge >= 0.3 is 0 Å². The number of carbonyl (C=O) groups is 2. The fraction of sp³-hybridized carbons (Fsp3) is 0.263. The van der Waals surface area contributed by atoms with Gasteiger partial charge in [-0.15, -0.1) is 0 Å². The summed E-state index contributed by atoms with van der Waals surface area (Å²) in [7, 11) is 0. The Morgan fingerprint density at radius 3 is 2.54 bits per heavy atom. The van der Waals surface area contributed by atoms with Crippen LogP contribution in [0.15, 0.2) is 42.5 Å². The van der Waals surface area contributed by atoms with Crippen molar-refractivity contribution in [2.75, 3.05) is 18.5 Å². The van der Waals surface area contributed by atoms with Crippen molar-refractivity contribution in [1.82, 2.24) is 10.9 Å². The fourth-order valence-corrected chi connectivity index (χ4v) is 2.34. The van der Waals surface area contributed by atoms with Crippen LogP contribution in [0.5, 0.6) is 5.75 Å². The van der Waals surface area contributed by atoms with Crippen molar-refractivity contribution in [2.24, 2.45) is 0 Å². The minimum atomic E-state index is -0.501. The molecule has 0 fully saturated rings. The zero-order valence-corrected chi connectivity index (χ0v) is 15.7. The third-order valence-electron chi connectivity index (χ3n) is 3.81. The van der Waals surface area contributed by atoms with E-state index in [4.69, 9.17) is 4.74 Å². The molecule has 2 aromatic carbocycles. The highest BCUT2D eigenvalue weighted by Crippen LogP contribution is 2.22. The number of nitrogens with one attached hydrogen (secondary N) is 3. The molecule has 0 bridgehead atoms. The van der Waals surface area contributed by atoms with Crippen LogP contribution in [-0.2, 0) is 9.59 Å². The first-order valence-corrected chi connectivity index (χ1v) is 8.62. The van der Waals surface area contributed by atoms with Crippen LogP contribution in [0, 0.1) is 24.0 Å². The summed E-state index contributed by atoms with van der Waals surface area (Å²) < 4.78 is 5.45. The van der Waals surface area contributed by atoms with E-state index >= 15 is 0 Å². The van der Waals surface area contributed by atoms with Crippen LogP contribution in [0.2, 0.25) is 0 Å². The van der Waals surface area contributed by atoms with Gasteiger partial charge in [-0.25, -0.2) is 0 Å². The van der Waals surface area contributed by atoms with E-state index in [9.17, 15) is 19.7 Å². The van der Waals surface area contributed by atoms with Gasteiger partial charge in [0.2, 0.25) is 5.91 Å². The molecule has 0 unspecified atom stereocenters. The first kappa shape index (κ1) is 20.7. The molecule has 2 aromatic rings. The molecule has 28 heavy (non-hydrogen) atoms. The van der Waals surface area contributed by atoms with Crippen LogP contribution in [0.1, 0.15) is 17.5 Å². The second-order valence-corrected chi connectivity index (χ2v) is 6.11. The molecule has 9 nitrogen and oxygen atoms in total. The zero-order valence-electron chi connectivity index (χ0n) is 15.7. The Balaban J connectivity index is 1.70. The van der Waals surface area contributed by atoms with Crippen LogP contribution in [-0.4, -0.2) is 29.9 Å². The number of aryl methyl sites for hydroxylation is 2. The number of carbonyl (C=O) groups excluding carboxylic acids is 2. The predicted octanol–water partition coefficient (Wildman–Crippen LogP) is 2.24. The van der Waals surface area contributed by atoms with Crippen molar-refractivity contribution in [3.05, 3.63) is 63.7 Å². The number of hydrogen-bond donors (Lipinski definition) is 3. The van der Waals surface area contributed by atoms with E-state index in [1.807, 2.05) is 32.0 Å². The van der Waals surface area contributed by atoms with E-state index in [0.717, 1.165) is 11.1 Å². The summed E-state index contributed by atoms with van der Waals surface area (Å²) in [6.45, 7) is 3.73. The Labute approximate surface area is 162 Å². The number of anilines is 1. The summed E-state index contributed by atoms with van der Waals surface area (Å²) in [5.41, 5.74) is 6.72. The molecule has 0 aliphatic carbocycles. The molecule has 0 radical (unpaired) electrons. The topological polar surface area (TPSA) is 123 Å². The molecular formula is C19H22N4O5. The van der Waals surface area contributed by atoms with Gasteiger partial charge in [-0.1, -0.05) is 24.3 Å². The van der Waals surface area contributed by atoms with Crippen LogP contribution in [0.4, 0.5) is 11.4 Å². The second-order valence-electron chi connectivity index (χ2n) is 6.11. The van der Waals surface area contributed by atoms with Crippen molar-refractivity contribution in [3.63, 3.8) is 0 Å². The number of para-hydroxylation sites is 2. The van der Waals surface area contributed by atoms with E-state index in [1.165, 1.54) is 6.07 Å². The molecule has 148 valence electrons. The van der Waals surface area contributed by atoms with Gasteiger partial charge in [-0.05, 0) is 37.1 Å². The molecule has 0 heterocycles. The van der Waals surface area contributed by atoms with Crippen molar-refractivity contribution >= 4 is 23.2 Å². The number of rotatable bonds is 8. The van der Waals surface area contributed by atoms with Gasteiger partial charge in [0.15, 0.2) is 6.61 Å². The molecule has 2 rings (SSSR count). The molecule has 0 aliphatic rings. The normalized spacial score (nSPS) is 10.1. The maximum Gasteiger partial charge on any atom is 0.292 e. The lowest BCUT2D eigenvalue weighted by Crippen LogP contribution is -2.44. The van der Waals surface area contributed by atoms with E-state index in [2.05, 4.69) is 16.2 Å². The SMILES string of the molecule is Cc1ccc(C)c(OCC(=O)NNC(=O)CCNc2ccccc2[N+](=O)[O-])c1. The van der Waals surface area contributed by atoms with Gasteiger partial charge in [0.25, 0.3) is 11.6 Å². The summed E-state index contributed by atoms with van der Waals surface area (Å²) in [4.78, 5) is 34.0. The lowest BCUT2D eigenvalue weighted by atomic mass is 10.1. The van der Waals surface area contributed by atoms with Crippen molar-refractivity contribution in [3.8, 4) is 5.75 Å². The lowest BCUT2D eigenvalue weighted by molar-refractivity contribution is -0.384. The number of hydrogen-bond acceptors (Lipinski definition) is 6. The number of ether oxygens (including phenoxy) is 1. The number of nitrogens with zero attached hydrogens (tertiary/aromatic N) is 1. The minimum absolute atomic E-state index is 0.0180. The standard InChI is InChI=1S/C19H22N4O5/c1-13-7-8-14(2)17(11-13)28-12-19(25)22-21-18(24)9-10-20-15-5-3-4-6-16(15)23(26)27/h3-8,11,20H,9-10,12H2,1-2H3,(H,21,24)(H,22,25). The number of nitro benzene ring substituents is 1. The molecule has 0 aliphatic heterocycles. The largest absolute Gasteiger partial charge is 0.483 e. The minimum Gasteiger partial charge on any atom is -0.483 e. The van der Waals surface area contributed by atoms with E-state index in [0.29, 0.717) is 11.4 Å². The second kappa shape index (κ2) is 9.91. The van der Waals surface area contributed by atoms with Crippen molar-refractivity contribution in [2.45, 2.75) is 20.3 Å². The fourth-order valence-electron chi connectivity index (χ4n) is 2.34. The number of hydrazine groups is 1. The summed E-state index contributed by atoms with van der Waals surface area (Å²) in [5.74, 6) is -0.331. The molecular weight excluding hydrogens is 364 g/mol. The number of benzene rings is 2. The maximum atomic E-state index is 11.8. The molecule has 0 atom stereocenters. The number of nitro groups is 1. The van der Waals surface area contributed by atoms with Gasteiger partial charge in [0.05, 0.1) is 4.92 Å². The highest BCUT2D eigenvalue weighted by molar-refractivity contribution is 5.83. The third-order valence-corrected chi connectivity index (χ3v) is 3.81. The predicted molar refractivity (Wildman–Crippen MR) is 104 cm³/mol. The molecule has 0 saturated heterocycles. The van der Waals surface area contributed by atoms with E-state index in [1.54, 1.807) is 18.2 Å². The van der Waals surface area contributed by atoms with Crippen molar-refractivity contribution < 1.29 is 19.2 Å². The van der Waals surface area contributed by atoms with Crippen LogP contribution < -0.4 is 20.9 Å². The van der Waals surface area contributed by atoms with Gasteiger partial charge in [0, 0.05) is 19.0 Å². The Hall–Kier alpha value is -3.62. The summed E-state index contributed by atoms with van der Waals surface area (Å²) in [5, 5.41) is 13.8. The Morgan fingerprint density at radius 2 is 1.79 bits per heavy atom. The summed E-state index contributed by atoms with van der Waals surface area (Å²) >= 11 is 0. The third kappa shape index (κ3) is 6.27. The summed E-state index contributed by atoms with van der Waals surface area (Å²) in [6, 6.07) is 11.8. The summed E-state index contributed by atoms with van der Waals surface area (Å²) in [6.07, 6.45) is 0.0180. The maximum absolute atomic E-state index is 11.8. The smallest absolute Gasteiger partial charge is 0.292 e. The molecule has 0 aromatic heterocycles. The van der Waals surface area contributed by atoms with Gasteiger partial charge < -0.3 is 10.1 Å². The Bertz CT molecular complexity index is 869.